The lowest BCUT2D eigenvalue weighted by atomic mass is 10.1. The van der Waals surface area contributed by atoms with Gasteiger partial charge in [0, 0.05) is 35.5 Å². The molecule has 2 aliphatic rings. The molecule has 32 heavy (non-hydrogen) atoms. The lowest BCUT2D eigenvalue weighted by molar-refractivity contribution is -0.124. The van der Waals surface area contributed by atoms with Crippen LogP contribution >= 0.6 is 11.8 Å². The van der Waals surface area contributed by atoms with Crippen molar-refractivity contribution < 1.29 is 23.6 Å². The molecule has 0 radical (unpaired) electrons. The predicted molar refractivity (Wildman–Crippen MR) is 119 cm³/mol. The van der Waals surface area contributed by atoms with Crippen LogP contribution in [0.2, 0.25) is 0 Å². The van der Waals surface area contributed by atoms with Crippen LogP contribution in [0.25, 0.3) is 11.8 Å². The van der Waals surface area contributed by atoms with E-state index in [0.717, 1.165) is 16.7 Å². The Kier molecular flexibility index (Phi) is 5.91. The Morgan fingerprint density at radius 2 is 1.69 bits per heavy atom. The number of carbonyl (C=O) groups is 4. The molecule has 2 aliphatic heterocycles. The molecule has 1 N–H and O–H groups in total. The third-order valence-corrected chi connectivity index (χ3v) is 5.97. The number of hydrogen-bond acceptors (Lipinski definition) is 5. The molecular weight excluding hydrogens is 433 g/mol. The molecule has 2 heterocycles. The topological polar surface area (TPSA) is 86.8 Å². The Morgan fingerprint density at radius 3 is 2.41 bits per heavy atom. The molecule has 0 saturated carbocycles. The van der Waals surface area contributed by atoms with Crippen LogP contribution in [0.5, 0.6) is 0 Å². The van der Waals surface area contributed by atoms with Gasteiger partial charge in [-0.05, 0) is 30.0 Å². The van der Waals surface area contributed by atoms with E-state index in [0.29, 0.717) is 16.8 Å². The van der Waals surface area contributed by atoms with Crippen molar-refractivity contribution in [3.05, 3.63) is 82.5 Å². The van der Waals surface area contributed by atoms with Crippen LogP contribution < -0.4 is 5.32 Å². The van der Waals surface area contributed by atoms with E-state index in [1.54, 1.807) is 30.3 Å². The third-order valence-electron chi connectivity index (χ3n) is 5.06. The summed E-state index contributed by atoms with van der Waals surface area (Å²) in [5.41, 5.74) is 1.84. The van der Waals surface area contributed by atoms with Crippen LogP contribution in [0.15, 0.2) is 60.0 Å². The second-order valence-corrected chi connectivity index (χ2v) is 8.08. The Hall–Kier alpha value is -3.72. The van der Waals surface area contributed by atoms with Gasteiger partial charge in [-0.2, -0.15) is 0 Å². The normalized spacial score (nSPS) is 16.8. The minimum Gasteiger partial charge on any atom is -0.353 e. The van der Waals surface area contributed by atoms with Gasteiger partial charge in [0.05, 0.1) is 4.91 Å². The molecule has 1 fully saturated rings. The molecule has 0 aliphatic carbocycles. The molecule has 4 amide bonds. The fraction of sp³-hybridized carbons (Fsp3) is 0.130. The maximum atomic E-state index is 13.8. The summed E-state index contributed by atoms with van der Waals surface area (Å²) in [6, 6.07) is 12.9. The zero-order chi connectivity index (χ0) is 22.8. The molecule has 7 nitrogen and oxygen atoms in total. The van der Waals surface area contributed by atoms with Crippen molar-refractivity contribution in [2.45, 2.75) is 0 Å². The van der Waals surface area contributed by atoms with E-state index in [1.807, 2.05) is 0 Å². The van der Waals surface area contributed by atoms with Gasteiger partial charge < -0.3 is 5.32 Å². The zero-order valence-corrected chi connectivity index (χ0v) is 17.7. The summed E-state index contributed by atoms with van der Waals surface area (Å²) in [6.45, 7) is 3.64. The SMILES string of the molecule is C=C1c2ccccc2C(=O)N1CC(=O)NCCN1C(=O)S/C(=C\c2ccccc2F)C1=O. The van der Waals surface area contributed by atoms with E-state index in [9.17, 15) is 23.6 Å². The van der Waals surface area contributed by atoms with Crippen LogP contribution in [0, 0.1) is 5.82 Å². The van der Waals surface area contributed by atoms with Crippen molar-refractivity contribution in [3.8, 4) is 0 Å². The number of fused-ring (bicyclic) bond motifs is 1. The molecule has 2 aromatic carbocycles. The van der Waals surface area contributed by atoms with Crippen LogP contribution in [0.1, 0.15) is 21.5 Å². The second-order valence-electron chi connectivity index (χ2n) is 7.09. The number of nitrogens with zero attached hydrogens (tertiary/aromatic N) is 2. The Balaban J connectivity index is 1.32. The Bertz CT molecular complexity index is 1160. The maximum Gasteiger partial charge on any atom is 0.293 e. The summed E-state index contributed by atoms with van der Waals surface area (Å²) in [5.74, 6) is -1.78. The van der Waals surface area contributed by atoms with Gasteiger partial charge in [-0.3, -0.25) is 29.0 Å². The number of imide groups is 1. The van der Waals surface area contributed by atoms with Crippen molar-refractivity contribution in [2.75, 3.05) is 19.6 Å². The first kappa shape index (κ1) is 21.5. The van der Waals surface area contributed by atoms with E-state index >= 15 is 0 Å². The quantitative estimate of drug-likeness (QED) is 0.682. The molecule has 162 valence electrons. The van der Waals surface area contributed by atoms with Gasteiger partial charge >= 0.3 is 0 Å². The van der Waals surface area contributed by atoms with Crippen LogP contribution in [0.4, 0.5) is 9.18 Å². The van der Waals surface area contributed by atoms with Crippen LogP contribution in [0.3, 0.4) is 0 Å². The molecule has 0 spiro atoms. The molecule has 0 unspecified atom stereocenters. The monoisotopic (exact) mass is 451 g/mol. The largest absolute Gasteiger partial charge is 0.353 e. The number of carbonyl (C=O) groups excluding carboxylic acids is 4. The Morgan fingerprint density at radius 1 is 1.00 bits per heavy atom. The minimum absolute atomic E-state index is 0.0192. The summed E-state index contributed by atoms with van der Waals surface area (Å²) in [5, 5.41) is 2.12. The van der Waals surface area contributed by atoms with Gasteiger partial charge in [0.1, 0.15) is 12.4 Å². The van der Waals surface area contributed by atoms with Crippen molar-refractivity contribution in [1.29, 1.82) is 0 Å². The predicted octanol–water partition coefficient (Wildman–Crippen LogP) is 3.10. The van der Waals surface area contributed by atoms with Crippen molar-refractivity contribution in [3.63, 3.8) is 0 Å². The fourth-order valence-electron chi connectivity index (χ4n) is 3.43. The standard InChI is InChI=1S/C23H18FN3O4S/c1-14-16-7-3-4-8-17(16)21(29)27(14)13-20(28)25-10-11-26-22(30)19(32-23(26)31)12-15-6-2-5-9-18(15)24/h2-9,12H,1,10-11,13H2,(H,25,28)/b19-12-. The van der Waals surface area contributed by atoms with Gasteiger partial charge in [0.25, 0.3) is 17.1 Å². The highest BCUT2D eigenvalue weighted by molar-refractivity contribution is 8.18. The summed E-state index contributed by atoms with van der Waals surface area (Å²) in [4.78, 5) is 51.9. The Labute approximate surface area is 187 Å². The first-order valence-electron chi connectivity index (χ1n) is 9.73. The first-order valence-corrected chi connectivity index (χ1v) is 10.5. The summed E-state index contributed by atoms with van der Waals surface area (Å²) in [6.07, 6.45) is 1.33. The molecule has 4 rings (SSSR count). The molecule has 0 bridgehead atoms. The van der Waals surface area contributed by atoms with Crippen molar-refractivity contribution in [1.82, 2.24) is 15.1 Å². The lowest BCUT2D eigenvalue weighted by Crippen LogP contribution is -2.41. The van der Waals surface area contributed by atoms with Gasteiger partial charge in [-0.25, -0.2) is 4.39 Å². The molecule has 0 aromatic heterocycles. The molecule has 0 atom stereocenters. The maximum absolute atomic E-state index is 13.8. The van der Waals surface area contributed by atoms with Gasteiger partial charge in [-0.15, -0.1) is 0 Å². The smallest absolute Gasteiger partial charge is 0.293 e. The van der Waals surface area contributed by atoms with Gasteiger partial charge in [-0.1, -0.05) is 43.0 Å². The number of thioether (sulfide) groups is 1. The molecular formula is C23H18FN3O4S. The zero-order valence-electron chi connectivity index (χ0n) is 16.8. The lowest BCUT2D eigenvalue weighted by Gasteiger charge is -2.18. The molecule has 9 heteroatoms. The summed E-state index contributed by atoms with van der Waals surface area (Å²) >= 11 is 0.719. The van der Waals surface area contributed by atoms with Crippen LogP contribution in [-0.4, -0.2) is 52.4 Å². The van der Waals surface area contributed by atoms with Crippen molar-refractivity contribution >= 4 is 46.5 Å². The number of rotatable bonds is 6. The van der Waals surface area contributed by atoms with E-state index in [-0.39, 0.29) is 36.0 Å². The first-order chi connectivity index (χ1) is 15.4. The highest BCUT2D eigenvalue weighted by atomic mass is 32.2. The van der Waals surface area contributed by atoms with E-state index in [1.165, 1.54) is 29.2 Å². The summed E-state index contributed by atoms with van der Waals surface area (Å²) in [7, 11) is 0. The number of halogens is 1. The summed E-state index contributed by atoms with van der Waals surface area (Å²) < 4.78 is 13.8. The number of hydrogen-bond donors (Lipinski definition) is 1. The van der Waals surface area contributed by atoms with E-state index < -0.39 is 22.9 Å². The minimum atomic E-state index is -0.545. The van der Waals surface area contributed by atoms with Crippen molar-refractivity contribution in [2.24, 2.45) is 0 Å². The third kappa shape index (κ3) is 4.06. The van der Waals surface area contributed by atoms with Gasteiger partial charge in [0.15, 0.2) is 0 Å². The van der Waals surface area contributed by atoms with Gasteiger partial charge in [0.2, 0.25) is 5.91 Å². The number of amides is 4. The second kappa shape index (κ2) is 8.80. The highest BCUT2D eigenvalue weighted by Crippen LogP contribution is 2.32. The number of nitrogens with one attached hydrogen (secondary N) is 1. The van der Waals surface area contributed by atoms with E-state index in [4.69, 9.17) is 0 Å². The molecule has 1 saturated heterocycles. The number of benzene rings is 2. The fourth-order valence-corrected chi connectivity index (χ4v) is 4.29. The highest BCUT2D eigenvalue weighted by Gasteiger charge is 2.35. The molecule has 2 aromatic rings. The average Bonchev–Trinajstić information content (AvgIpc) is 3.18. The van der Waals surface area contributed by atoms with Crippen LogP contribution in [-0.2, 0) is 9.59 Å². The average molecular weight is 451 g/mol. The van der Waals surface area contributed by atoms with E-state index in [2.05, 4.69) is 11.9 Å².